The van der Waals surface area contributed by atoms with E-state index < -0.39 is 97.5 Å². The minimum absolute atomic E-state index is 0.104. The van der Waals surface area contributed by atoms with Gasteiger partial charge in [-0.1, -0.05) is 330 Å². The molecule has 0 fully saturated rings. The summed E-state index contributed by atoms with van der Waals surface area (Å²) in [7, 11) is -9.89. The molecule has 17 nitrogen and oxygen atoms in total. The first-order valence-corrected chi connectivity index (χ1v) is 41.1. The first-order valence-electron chi connectivity index (χ1n) is 38.1. The van der Waals surface area contributed by atoms with Crippen LogP contribution in [0.15, 0.2) is 0 Å². The highest BCUT2D eigenvalue weighted by molar-refractivity contribution is 7.47. The third kappa shape index (κ3) is 66.7. The minimum Gasteiger partial charge on any atom is -0.462 e. The van der Waals surface area contributed by atoms with Crippen LogP contribution >= 0.6 is 15.6 Å². The van der Waals surface area contributed by atoms with Gasteiger partial charge in [0.1, 0.15) is 19.3 Å². The molecule has 0 heterocycles. The van der Waals surface area contributed by atoms with E-state index in [1.807, 2.05) is 0 Å². The molecule has 0 spiro atoms. The van der Waals surface area contributed by atoms with Gasteiger partial charge in [0.25, 0.3) is 0 Å². The molecule has 0 aromatic heterocycles. The van der Waals surface area contributed by atoms with Gasteiger partial charge in [-0.25, -0.2) is 9.13 Å². The quantitative estimate of drug-likeness (QED) is 0.0222. The Morgan fingerprint density at radius 1 is 0.293 bits per heavy atom. The van der Waals surface area contributed by atoms with Crippen LogP contribution in [-0.4, -0.2) is 96.7 Å². The third-order valence-electron chi connectivity index (χ3n) is 17.0. The number of rotatable bonds is 73. The van der Waals surface area contributed by atoms with Crippen LogP contribution in [0, 0.1) is 5.92 Å². The van der Waals surface area contributed by atoms with Crippen molar-refractivity contribution in [1.29, 1.82) is 0 Å². The average molecular weight is 1350 g/mol. The number of unbranched alkanes of at least 4 members (excludes halogenated alkanes) is 45. The number of aliphatic hydroxyl groups excluding tert-OH is 1. The molecule has 2 unspecified atom stereocenters. The second kappa shape index (κ2) is 66.3. The molecule has 0 aliphatic rings. The standard InChI is InChI=1S/C73H142O17P2/c1-6-9-12-15-17-19-20-21-22-23-27-30-33-36-39-43-47-52-57-71(76)84-63-69(90-73(78)59-54-49-44-40-37-34-31-28-25-24-26-29-32-35-38-41-46-50-55-66(4)5)65-88-92(81,82)86-61-67(74)60-85-91(79,80)87-64-68(62-83-70(75)56-51-45-14-11-8-3)89-72(77)58-53-48-42-18-16-13-10-7-2/h66-69,74H,6-65H2,1-5H3,(H,79,80)(H,81,82)/t67-,68+,69+/m0/s1. The maximum Gasteiger partial charge on any atom is 0.472 e. The first-order chi connectivity index (χ1) is 44.5. The number of esters is 4. The molecular weight excluding hydrogens is 1210 g/mol. The molecule has 0 aromatic carbocycles. The lowest BCUT2D eigenvalue weighted by molar-refractivity contribution is -0.161. The van der Waals surface area contributed by atoms with E-state index in [4.69, 9.17) is 37.0 Å². The Morgan fingerprint density at radius 2 is 0.500 bits per heavy atom. The molecule has 0 rings (SSSR count). The molecule has 0 aliphatic heterocycles. The van der Waals surface area contributed by atoms with Gasteiger partial charge >= 0.3 is 39.5 Å². The number of carbonyl (C=O) groups is 4. The topological polar surface area (TPSA) is 237 Å². The Labute approximate surface area is 562 Å². The van der Waals surface area contributed by atoms with E-state index in [9.17, 15) is 43.2 Å². The van der Waals surface area contributed by atoms with Gasteiger partial charge in [-0.3, -0.25) is 37.3 Å². The lowest BCUT2D eigenvalue weighted by Gasteiger charge is -2.21. The predicted molar refractivity (Wildman–Crippen MR) is 372 cm³/mol. The van der Waals surface area contributed by atoms with Crippen molar-refractivity contribution in [2.75, 3.05) is 39.6 Å². The largest absolute Gasteiger partial charge is 0.472 e. The summed E-state index contributed by atoms with van der Waals surface area (Å²) in [5, 5.41) is 10.6. The summed E-state index contributed by atoms with van der Waals surface area (Å²) in [4.78, 5) is 72.2. The lowest BCUT2D eigenvalue weighted by Crippen LogP contribution is -2.30. The van der Waals surface area contributed by atoms with Gasteiger partial charge in [0, 0.05) is 25.7 Å². The van der Waals surface area contributed by atoms with E-state index in [2.05, 4.69) is 34.6 Å². The maximum atomic E-state index is 13.1. The molecule has 0 aliphatic carbocycles. The fourth-order valence-corrected chi connectivity index (χ4v) is 12.8. The highest BCUT2D eigenvalue weighted by Gasteiger charge is 2.30. The van der Waals surface area contributed by atoms with E-state index in [1.54, 1.807) is 0 Å². The molecule has 0 radical (unpaired) electrons. The molecule has 3 N–H and O–H groups in total. The van der Waals surface area contributed by atoms with Crippen LogP contribution < -0.4 is 0 Å². The Balaban J connectivity index is 5.08. The Hall–Kier alpha value is -1.94. The lowest BCUT2D eigenvalue weighted by atomic mass is 10.0. The van der Waals surface area contributed by atoms with Gasteiger partial charge in [-0.15, -0.1) is 0 Å². The number of aliphatic hydroxyl groups is 1. The highest BCUT2D eigenvalue weighted by Crippen LogP contribution is 2.45. The van der Waals surface area contributed by atoms with E-state index in [1.165, 1.54) is 193 Å². The van der Waals surface area contributed by atoms with E-state index in [0.29, 0.717) is 25.7 Å². The van der Waals surface area contributed by atoms with Crippen molar-refractivity contribution in [3.63, 3.8) is 0 Å². The van der Waals surface area contributed by atoms with Crippen molar-refractivity contribution in [3.05, 3.63) is 0 Å². The number of phosphoric acid groups is 2. The number of ether oxygens (including phenoxy) is 4. The van der Waals surface area contributed by atoms with Crippen molar-refractivity contribution in [3.8, 4) is 0 Å². The Bertz CT molecular complexity index is 1770. The van der Waals surface area contributed by atoms with Crippen molar-refractivity contribution in [2.45, 2.75) is 400 Å². The van der Waals surface area contributed by atoms with Crippen molar-refractivity contribution < 1.29 is 80.2 Å². The zero-order valence-corrected chi connectivity index (χ0v) is 61.5. The summed E-state index contributed by atoms with van der Waals surface area (Å²) in [6, 6.07) is 0. The van der Waals surface area contributed by atoms with Crippen LogP contribution in [0.3, 0.4) is 0 Å². The summed E-state index contributed by atoms with van der Waals surface area (Å²) < 4.78 is 68.0. The highest BCUT2D eigenvalue weighted by atomic mass is 31.2. The maximum absolute atomic E-state index is 13.1. The molecule has 0 saturated carbocycles. The van der Waals surface area contributed by atoms with Crippen LogP contribution in [0.25, 0.3) is 0 Å². The number of hydrogen-bond acceptors (Lipinski definition) is 15. The van der Waals surface area contributed by atoms with Gasteiger partial charge in [0.2, 0.25) is 0 Å². The van der Waals surface area contributed by atoms with E-state index >= 15 is 0 Å². The van der Waals surface area contributed by atoms with Crippen LogP contribution in [0.5, 0.6) is 0 Å². The van der Waals surface area contributed by atoms with Crippen LogP contribution in [0.2, 0.25) is 0 Å². The number of phosphoric ester groups is 2. The van der Waals surface area contributed by atoms with Crippen LogP contribution in [0.1, 0.15) is 381 Å². The van der Waals surface area contributed by atoms with Gasteiger partial charge in [-0.2, -0.15) is 0 Å². The fraction of sp³-hybridized carbons (Fsp3) is 0.945. The molecule has 92 heavy (non-hydrogen) atoms. The second-order valence-electron chi connectivity index (χ2n) is 26.8. The monoisotopic (exact) mass is 1350 g/mol. The molecule has 19 heteroatoms. The number of hydrogen-bond donors (Lipinski definition) is 3. The molecule has 0 amide bonds. The Kier molecular flexibility index (Phi) is 64.9. The van der Waals surface area contributed by atoms with Gasteiger partial charge in [0.15, 0.2) is 12.2 Å². The molecule has 0 saturated heterocycles. The smallest absolute Gasteiger partial charge is 0.462 e. The van der Waals surface area contributed by atoms with Gasteiger partial charge in [0.05, 0.1) is 26.4 Å². The molecule has 5 atom stereocenters. The Morgan fingerprint density at radius 3 is 0.739 bits per heavy atom. The summed E-state index contributed by atoms with van der Waals surface area (Å²) in [5.41, 5.74) is 0. The molecule has 0 bridgehead atoms. The van der Waals surface area contributed by atoms with Crippen molar-refractivity contribution in [1.82, 2.24) is 0 Å². The third-order valence-corrected chi connectivity index (χ3v) is 18.9. The van der Waals surface area contributed by atoms with E-state index in [0.717, 1.165) is 109 Å². The molecule has 546 valence electrons. The van der Waals surface area contributed by atoms with Gasteiger partial charge in [-0.05, 0) is 31.6 Å². The fourth-order valence-electron chi connectivity index (χ4n) is 11.2. The SMILES string of the molecule is CCCCCCCCCCCCCCCCCCCCC(=O)OC[C@H](COP(=O)(O)OC[C@@H](O)COP(=O)(O)OC[C@@H](COC(=O)CCCCCCC)OC(=O)CCCCCCCCCC)OC(=O)CCCCCCCCCCCCCCCCCCCCC(C)C. The zero-order chi connectivity index (χ0) is 67.7. The van der Waals surface area contributed by atoms with Crippen molar-refractivity contribution >= 4 is 39.5 Å². The number of carbonyl (C=O) groups excluding carboxylic acids is 4. The summed E-state index contributed by atoms with van der Waals surface area (Å²) in [6.45, 7) is 7.18. The summed E-state index contributed by atoms with van der Waals surface area (Å²) in [6.07, 6.45) is 54.8. The van der Waals surface area contributed by atoms with Crippen LogP contribution in [-0.2, 0) is 65.4 Å². The zero-order valence-electron chi connectivity index (χ0n) is 59.7. The normalized spacial score (nSPS) is 14.0. The summed E-state index contributed by atoms with van der Waals surface area (Å²) in [5.74, 6) is -1.31. The average Bonchev–Trinajstić information content (AvgIpc) is 2.43. The van der Waals surface area contributed by atoms with E-state index in [-0.39, 0.29) is 25.7 Å². The first kappa shape index (κ1) is 90.1. The molecule has 0 aromatic rings. The predicted octanol–water partition coefficient (Wildman–Crippen LogP) is 21.3. The van der Waals surface area contributed by atoms with Gasteiger partial charge < -0.3 is 33.8 Å². The molecular formula is C73H142O17P2. The second-order valence-corrected chi connectivity index (χ2v) is 29.7. The minimum atomic E-state index is -4.95. The summed E-state index contributed by atoms with van der Waals surface area (Å²) >= 11 is 0. The van der Waals surface area contributed by atoms with Crippen molar-refractivity contribution in [2.24, 2.45) is 5.92 Å². The van der Waals surface area contributed by atoms with Crippen LogP contribution in [0.4, 0.5) is 0 Å².